The molecule has 1 atom stereocenters. The summed E-state index contributed by atoms with van der Waals surface area (Å²) in [4.78, 5) is 25.7. The maximum Gasteiger partial charge on any atom is 0.243 e. The van der Waals surface area contributed by atoms with Crippen LogP contribution in [-0.2, 0) is 16.1 Å². The number of carbonyl (C=O) groups excluding carboxylic acids is 2. The second-order valence-electron chi connectivity index (χ2n) is 5.97. The van der Waals surface area contributed by atoms with Crippen LogP contribution in [0.15, 0.2) is 12.1 Å². The maximum atomic E-state index is 13.7. The van der Waals surface area contributed by atoms with Crippen LogP contribution in [0, 0.1) is 25.6 Å². The Kier molecular flexibility index (Phi) is 4.30. The SMILES string of the molecule is Cc1cc(CN2C(=O)CNC(=O)C2C(C)C)cc(C)c1F. The third-order valence-electron chi connectivity index (χ3n) is 3.82. The van der Waals surface area contributed by atoms with E-state index in [0.717, 1.165) is 5.56 Å². The second kappa shape index (κ2) is 5.84. The van der Waals surface area contributed by atoms with E-state index in [1.165, 1.54) is 0 Å². The molecule has 1 heterocycles. The Morgan fingerprint density at radius 3 is 2.38 bits per heavy atom. The van der Waals surface area contributed by atoms with Crippen molar-refractivity contribution >= 4 is 11.8 Å². The summed E-state index contributed by atoms with van der Waals surface area (Å²) in [6.45, 7) is 7.60. The maximum absolute atomic E-state index is 13.7. The van der Waals surface area contributed by atoms with Gasteiger partial charge in [-0.3, -0.25) is 9.59 Å². The Balaban J connectivity index is 2.31. The number of benzene rings is 1. The molecule has 0 aromatic heterocycles. The summed E-state index contributed by atoms with van der Waals surface area (Å²) >= 11 is 0. The molecule has 0 spiro atoms. The van der Waals surface area contributed by atoms with Gasteiger partial charge in [0.2, 0.25) is 11.8 Å². The standard InChI is InChI=1S/C16H21FN2O2/c1-9(2)15-16(21)18-7-13(20)19(15)8-12-5-10(3)14(17)11(4)6-12/h5-6,9,15H,7-8H2,1-4H3,(H,18,21). The predicted molar refractivity (Wildman–Crippen MR) is 78.1 cm³/mol. The summed E-state index contributed by atoms with van der Waals surface area (Å²) in [5, 5.41) is 2.62. The van der Waals surface area contributed by atoms with Crippen LogP contribution in [0.1, 0.15) is 30.5 Å². The van der Waals surface area contributed by atoms with Crippen molar-refractivity contribution in [1.82, 2.24) is 10.2 Å². The average Bonchev–Trinajstić information content (AvgIpc) is 2.39. The van der Waals surface area contributed by atoms with Crippen molar-refractivity contribution in [2.24, 2.45) is 5.92 Å². The fraction of sp³-hybridized carbons (Fsp3) is 0.500. The highest BCUT2D eigenvalue weighted by Crippen LogP contribution is 2.21. The number of piperazine rings is 1. The fourth-order valence-corrected chi connectivity index (χ4v) is 2.84. The number of amides is 2. The minimum atomic E-state index is -0.475. The van der Waals surface area contributed by atoms with E-state index in [1.54, 1.807) is 30.9 Å². The van der Waals surface area contributed by atoms with Gasteiger partial charge in [-0.2, -0.15) is 0 Å². The monoisotopic (exact) mass is 292 g/mol. The Labute approximate surface area is 124 Å². The first-order chi connectivity index (χ1) is 9.81. The number of rotatable bonds is 3. The van der Waals surface area contributed by atoms with Gasteiger partial charge in [-0.1, -0.05) is 26.0 Å². The number of aryl methyl sites for hydroxylation is 2. The molecule has 5 heteroatoms. The van der Waals surface area contributed by atoms with Crippen molar-refractivity contribution in [2.45, 2.75) is 40.3 Å². The summed E-state index contributed by atoms with van der Waals surface area (Å²) < 4.78 is 13.7. The molecule has 1 aliphatic heterocycles. The summed E-state index contributed by atoms with van der Waals surface area (Å²) in [6, 6.07) is 3.00. The van der Waals surface area contributed by atoms with Gasteiger partial charge >= 0.3 is 0 Å². The Bertz CT molecular complexity index is 561. The molecule has 1 aromatic rings. The van der Waals surface area contributed by atoms with Gasteiger partial charge in [-0.05, 0) is 36.5 Å². The molecule has 0 saturated carbocycles. The minimum absolute atomic E-state index is 0.0249. The first-order valence-corrected chi connectivity index (χ1v) is 7.14. The smallest absolute Gasteiger partial charge is 0.243 e. The first-order valence-electron chi connectivity index (χ1n) is 7.14. The van der Waals surface area contributed by atoms with Crippen molar-refractivity contribution in [2.75, 3.05) is 6.54 Å². The molecule has 21 heavy (non-hydrogen) atoms. The highest BCUT2D eigenvalue weighted by Gasteiger charge is 2.36. The Morgan fingerprint density at radius 2 is 1.86 bits per heavy atom. The van der Waals surface area contributed by atoms with Gasteiger partial charge in [0, 0.05) is 6.54 Å². The topological polar surface area (TPSA) is 49.4 Å². The highest BCUT2D eigenvalue weighted by atomic mass is 19.1. The molecule has 114 valence electrons. The molecule has 0 bridgehead atoms. The van der Waals surface area contributed by atoms with Crippen LogP contribution in [0.5, 0.6) is 0 Å². The summed E-state index contributed by atoms with van der Waals surface area (Å²) in [6.07, 6.45) is 0. The van der Waals surface area contributed by atoms with Gasteiger partial charge in [0.25, 0.3) is 0 Å². The molecule has 4 nitrogen and oxygen atoms in total. The molecule has 1 fully saturated rings. The van der Waals surface area contributed by atoms with E-state index in [1.807, 2.05) is 13.8 Å². The van der Waals surface area contributed by atoms with Crippen molar-refractivity contribution in [3.05, 3.63) is 34.6 Å². The molecule has 1 unspecified atom stereocenters. The van der Waals surface area contributed by atoms with Crippen LogP contribution in [0.4, 0.5) is 4.39 Å². The van der Waals surface area contributed by atoms with Crippen molar-refractivity contribution in [3.8, 4) is 0 Å². The minimum Gasteiger partial charge on any atom is -0.345 e. The average molecular weight is 292 g/mol. The number of nitrogens with zero attached hydrogens (tertiary/aromatic N) is 1. The highest BCUT2D eigenvalue weighted by molar-refractivity contribution is 5.94. The van der Waals surface area contributed by atoms with Crippen LogP contribution < -0.4 is 5.32 Å². The molecular weight excluding hydrogens is 271 g/mol. The molecule has 1 aliphatic rings. The molecule has 1 aromatic carbocycles. The quantitative estimate of drug-likeness (QED) is 0.925. The lowest BCUT2D eigenvalue weighted by atomic mass is 9.98. The Morgan fingerprint density at radius 1 is 1.29 bits per heavy atom. The van der Waals surface area contributed by atoms with Crippen LogP contribution in [0.3, 0.4) is 0 Å². The third-order valence-corrected chi connectivity index (χ3v) is 3.82. The molecule has 0 aliphatic carbocycles. The second-order valence-corrected chi connectivity index (χ2v) is 5.97. The van der Waals surface area contributed by atoms with E-state index >= 15 is 0 Å². The normalized spacial score (nSPS) is 19.1. The van der Waals surface area contributed by atoms with Gasteiger partial charge in [0.05, 0.1) is 6.54 Å². The van der Waals surface area contributed by atoms with Gasteiger partial charge in [0.15, 0.2) is 0 Å². The summed E-state index contributed by atoms with van der Waals surface area (Å²) in [5.74, 6) is -0.424. The van der Waals surface area contributed by atoms with Crippen molar-refractivity contribution in [1.29, 1.82) is 0 Å². The molecular formula is C16H21FN2O2. The largest absolute Gasteiger partial charge is 0.345 e. The number of carbonyl (C=O) groups is 2. The van der Waals surface area contributed by atoms with E-state index in [2.05, 4.69) is 5.32 Å². The van der Waals surface area contributed by atoms with E-state index in [0.29, 0.717) is 17.7 Å². The van der Waals surface area contributed by atoms with Gasteiger partial charge in [0.1, 0.15) is 11.9 Å². The van der Waals surface area contributed by atoms with Crippen LogP contribution >= 0.6 is 0 Å². The predicted octanol–water partition coefficient (Wildman–Crippen LogP) is 1.93. The van der Waals surface area contributed by atoms with E-state index in [4.69, 9.17) is 0 Å². The summed E-state index contributed by atoms with van der Waals surface area (Å²) in [5.41, 5.74) is 1.96. The summed E-state index contributed by atoms with van der Waals surface area (Å²) in [7, 11) is 0. The molecule has 1 saturated heterocycles. The number of halogens is 1. The molecule has 1 N–H and O–H groups in total. The zero-order chi connectivity index (χ0) is 15.7. The lowest BCUT2D eigenvalue weighted by Crippen LogP contribution is -2.59. The lowest BCUT2D eigenvalue weighted by molar-refractivity contribution is -0.148. The number of hydrogen-bond acceptors (Lipinski definition) is 2. The van der Waals surface area contributed by atoms with E-state index in [9.17, 15) is 14.0 Å². The van der Waals surface area contributed by atoms with Gasteiger partial charge in [-0.15, -0.1) is 0 Å². The van der Waals surface area contributed by atoms with Crippen LogP contribution in [0.2, 0.25) is 0 Å². The zero-order valence-corrected chi connectivity index (χ0v) is 12.9. The molecule has 0 radical (unpaired) electrons. The zero-order valence-electron chi connectivity index (χ0n) is 12.9. The van der Waals surface area contributed by atoms with Crippen molar-refractivity contribution in [3.63, 3.8) is 0 Å². The van der Waals surface area contributed by atoms with Crippen LogP contribution in [-0.4, -0.2) is 29.3 Å². The third kappa shape index (κ3) is 3.06. The fourth-order valence-electron chi connectivity index (χ4n) is 2.84. The molecule has 2 amide bonds. The van der Waals surface area contributed by atoms with Gasteiger partial charge in [-0.25, -0.2) is 4.39 Å². The van der Waals surface area contributed by atoms with Crippen LogP contribution in [0.25, 0.3) is 0 Å². The van der Waals surface area contributed by atoms with Crippen molar-refractivity contribution < 1.29 is 14.0 Å². The lowest BCUT2D eigenvalue weighted by Gasteiger charge is -2.37. The van der Waals surface area contributed by atoms with Gasteiger partial charge < -0.3 is 10.2 Å². The molecule has 2 rings (SSSR count). The Hall–Kier alpha value is -1.91. The van der Waals surface area contributed by atoms with E-state index in [-0.39, 0.29) is 30.1 Å². The number of hydrogen-bond donors (Lipinski definition) is 1. The van der Waals surface area contributed by atoms with E-state index < -0.39 is 6.04 Å². The first kappa shape index (κ1) is 15.5. The number of nitrogens with one attached hydrogen (secondary N) is 1.